The minimum Gasteiger partial charge on any atom is -0.454 e. The van der Waals surface area contributed by atoms with Crippen molar-refractivity contribution in [1.82, 2.24) is 4.98 Å². The van der Waals surface area contributed by atoms with Crippen LogP contribution in [0.3, 0.4) is 0 Å². The minimum absolute atomic E-state index is 0.0191. The second-order valence-corrected chi connectivity index (χ2v) is 8.98. The van der Waals surface area contributed by atoms with Crippen molar-refractivity contribution in [3.05, 3.63) is 64.2 Å². The van der Waals surface area contributed by atoms with E-state index < -0.39 is 0 Å². The Morgan fingerprint density at radius 2 is 1.89 bits per heavy atom. The van der Waals surface area contributed by atoms with Gasteiger partial charge in [0.05, 0.1) is 5.69 Å². The minimum atomic E-state index is -0.0191. The molecule has 4 nitrogen and oxygen atoms in total. The molecule has 2 aromatic carbocycles. The van der Waals surface area contributed by atoms with E-state index >= 15 is 0 Å². The predicted octanol–water partition coefficient (Wildman–Crippen LogP) is 5.81. The zero-order valence-corrected chi connectivity index (χ0v) is 16.9. The van der Waals surface area contributed by atoms with Gasteiger partial charge in [-0.3, -0.25) is 0 Å². The maximum absolute atomic E-state index is 5.52. The van der Waals surface area contributed by atoms with Crippen molar-refractivity contribution < 1.29 is 9.47 Å². The first-order valence-corrected chi connectivity index (χ1v) is 9.92. The second kappa shape index (κ2) is 6.89. The van der Waals surface area contributed by atoms with E-state index in [0.29, 0.717) is 6.79 Å². The lowest BCUT2D eigenvalue weighted by molar-refractivity contribution is 0.174. The molecule has 0 amide bonds. The number of thiazole rings is 1. The molecule has 27 heavy (non-hydrogen) atoms. The molecule has 1 aliphatic rings. The van der Waals surface area contributed by atoms with E-state index in [1.54, 1.807) is 11.3 Å². The molecule has 1 aromatic heterocycles. The third-order valence-electron chi connectivity index (χ3n) is 4.48. The van der Waals surface area contributed by atoms with Crippen LogP contribution in [0.2, 0.25) is 0 Å². The second-order valence-electron chi connectivity index (χ2n) is 7.90. The topological polar surface area (TPSA) is 43.4 Å². The Hall–Kier alpha value is -2.53. The van der Waals surface area contributed by atoms with Crippen LogP contribution in [0.4, 0.5) is 10.8 Å². The van der Waals surface area contributed by atoms with Crippen LogP contribution in [0.5, 0.6) is 11.5 Å². The van der Waals surface area contributed by atoms with Crippen molar-refractivity contribution in [2.75, 3.05) is 12.1 Å². The van der Waals surface area contributed by atoms with Crippen molar-refractivity contribution in [2.24, 2.45) is 0 Å². The van der Waals surface area contributed by atoms with E-state index in [9.17, 15) is 0 Å². The van der Waals surface area contributed by atoms with Crippen molar-refractivity contribution in [3.63, 3.8) is 0 Å². The first-order valence-electron chi connectivity index (χ1n) is 9.11. The van der Waals surface area contributed by atoms with E-state index in [2.05, 4.69) is 69.4 Å². The Kier molecular flexibility index (Phi) is 4.56. The number of aromatic nitrogens is 1. The maximum Gasteiger partial charge on any atom is 0.231 e. The van der Waals surface area contributed by atoms with E-state index in [-0.39, 0.29) is 5.41 Å². The number of nitrogens with zero attached hydrogens (tertiary/aromatic N) is 1. The van der Waals surface area contributed by atoms with Gasteiger partial charge in [-0.15, -0.1) is 11.3 Å². The van der Waals surface area contributed by atoms with Gasteiger partial charge >= 0.3 is 0 Å². The molecule has 0 fully saturated rings. The predicted molar refractivity (Wildman–Crippen MR) is 111 cm³/mol. The SMILES string of the molecule is Cc1cccc(Nc2nc(C(C)(C)C)c(Cc3ccc4c(c3)OCO4)s2)c1. The van der Waals surface area contributed by atoms with Gasteiger partial charge in [0.15, 0.2) is 16.6 Å². The molecular weight excluding hydrogens is 356 g/mol. The van der Waals surface area contributed by atoms with Crippen molar-refractivity contribution >= 4 is 22.2 Å². The summed E-state index contributed by atoms with van der Waals surface area (Å²) in [6, 6.07) is 14.5. The van der Waals surface area contributed by atoms with E-state index in [1.807, 2.05) is 6.07 Å². The molecule has 0 unspecified atom stereocenters. The number of hydrogen-bond donors (Lipinski definition) is 1. The van der Waals surface area contributed by atoms with Crippen LogP contribution in [-0.4, -0.2) is 11.8 Å². The molecule has 2 heterocycles. The Bertz CT molecular complexity index is 973. The standard InChI is InChI=1S/C22H24N2O2S/c1-14-6-5-7-16(10-14)23-21-24-20(22(2,3)4)19(27-21)12-15-8-9-17-18(11-15)26-13-25-17/h5-11H,12-13H2,1-4H3,(H,23,24). The molecule has 0 radical (unpaired) electrons. The number of benzene rings is 2. The number of hydrogen-bond acceptors (Lipinski definition) is 5. The van der Waals surface area contributed by atoms with Crippen molar-refractivity contribution in [3.8, 4) is 11.5 Å². The fraction of sp³-hybridized carbons (Fsp3) is 0.318. The summed E-state index contributed by atoms with van der Waals surface area (Å²) in [6.45, 7) is 9.03. The van der Waals surface area contributed by atoms with Crippen LogP contribution < -0.4 is 14.8 Å². The largest absolute Gasteiger partial charge is 0.454 e. The molecule has 0 atom stereocenters. The fourth-order valence-electron chi connectivity index (χ4n) is 3.19. The van der Waals surface area contributed by atoms with Crippen LogP contribution in [0, 0.1) is 6.92 Å². The summed E-state index contributed by atoms with van der Waals surface area (Å²) in [7, 11) is 0. The molecule has 0 bridgehead atoms. The molecule has 0 aliphatic carbocycles. The van der Waals surface area contributed by atoms with Gasteiger partial charge in [0, 0.05) is 22.4 Å². The van der Waals surface area contributed by atoms with Gasteiger partial charge in [-0.05, 0) is 42.3 Å². The maximum atomic E-state index is 5.52. The number of anilines is 2. The lowest BCUT2D eigenvalue weighted by Crippen LogP contribution is -2.14. The van der Waals surface area contributed by atoms with Gasteiger partial charge in [-0.2, -0.15) is 0 Å². The smallest absolute Gasteiger partial charge is 0.231 e. The van der Waals surface area contributed by atoms with Gasteiger partial charge in [0.2, 0.25) is 6.79 Å². The molecule has 3 aromatic rings. The van der Waals surface area contributed by atoms with Crippen molar-refractivity contribution in [2.45, 2.75) is 39.5 Å². The first kappa shape index (κ1) is 17.9. The summed E-state index contributed by atoms with van der Waals surface area (Å²) in [5.41, 5.74) is 4.62. The Balaban J connectivity index is 1.63. The average Bonchev–Trinajstić information content (AvgIpc) is 3.21. The lowest BCUT2D eigenvalue weighted by atomic mass is 9.90. The molecule has 0 spiro atoms. The quantitative estimate of drug-likeness (QED) is 0.620. The normalized spacial score (nSPS) is 13.0. The Morgan fingerprint density at radius 1 is 1.07 bits per heavy atom. The molecule has 140 valence electrons. The average molecular weight is 381 g/mol. The van der Waals surface area contributed by atoms with Crippen LogP contribution in [0.25, 0.3) is 0 Å². The summed E-state index contributed by atoms with van der Waals surface area (Å²) >= 11 is 1.72. The first-order chi connectivity index (χ1) is 12.9. The molecule has 5 heteroatoms. The van der Waals surface area contributed by atoms with Crippen LogP contribution in [-0.2, 0) is 11.8 Å². The third-order valence-corrected chi connectivity index (χ3v) is 5.45. The van der Waals surface area contributed by atoms with E-state index in [0.717, 1.165) is 34.4 Å². The summed E-state index contributed by atoms with van der Waals surface area (Å²) < 4.78 is 10.9. The van der Waals surface area contributed by atoms with Gasteiger partial charge in [0.1, 0.15) is 0 Å². The molecule has 0 saturated carbocycles. The number of nitrogens with one attached hydrogen (secondary N) is 1. The molecule has 1 aliphatic heterocycles. The van der Waals surface area contributed by atoms with Crippen LogP contribution >= 0.6 is 11.3 Å². The highest BCUT2D eigenvalue weighted by molar-refractivity contribution is 7.15. The van der Waals surface area contributed by atoms with E-state index in [4.69, 9.17) is 14.5 Å². The Morgan fingerprint density at radius 3 is 2.67 bits per heavy atom. The van der Waals surface area contributed by atoms with Crippen LogP contribution in [0.15, 0.2) is 42.5 Å². The summed E-state index contributed by atoms with van der Waals surface area (Å²) in [5.74, 6) is 1.65. The summed E-state index contributed by atoms with van der Waals surface area (Å²) in [6.07, 6.45) is 0.830. The number of aryl methyl sites for hydroxylation is 1. The van der Waals surface area contributed by atoms with Gasteiger partial charge < -0.3 is 14.8 Å². The molecule has 1 N–H and O–H groups in total. The number of fused-ring (bicyclic) bond motifs is 1. The monoisotopic (exact) mass is 380 g/mol. The highest BCUT2D eigenvalue weighted by Crippen LogP contribution is 2.37. The number of rotatable bonds is 4. The van der Waals surface area contributed by atoms with E-state index in [1.165, 1.54) is 16.0 Å². The number of ether oxygens (including phenoxy) is 2. The lowest BCUT2D eigenvalue weighted by Gasteiger charge is -2.17. The zero-order valence-electron chi connectivity index (χ0n) is 16.1. The summed E-state index contributed by atoms with van der Waals surface area (Å²) in [5, 5.41) is 4.40. The van der Waals surface area contributed by atoms with Gasteiger partial charge in [-0.1, -0.05) is 39.0 Å². The zero-order chi connectivity index (χ0) is 19.0. The van der Waals surface area contributed by atoms with Gasteiger partial charge in [0.25, 0.3) is 0 Å². The third kappa shape index (κ3) is 3.93. The highest BCUT2D eigenvalue weighted by Gasteiger charge is 2.24. The summed E-state index contributed by atoms with van der Waals surface area (Å²) in [4.78, 5) is 6.20. The molecular formula is C22H24N2O2S. The Labute approximate surface area is 164 Å². The highest BCUT2D eigenvalue weighted by atomic mass is 32.1. The van der Waals surface area contributed by atoms with Gasteiger partial charge in [-0.25, -0.2) is 4.98 Å². The molecule has 4 rings (SSSR count). The fourth-order valence-corrected chi connectivity index (χ4v) is 4.42. The van der Waals surface area contributed by atoms with Crippen molar-refractivity contribution in [1.29, 1.82) is 0 Å². The van der Waals surface area contributed by atoms with Crippen LogP contribution in [0.1, 0.15) is 42.5 Å². The molecule has 0 saturated heterocycles.